The molecule has 3 N–H and O–H groups in total. The molecule has 0 radical (unpaired) electrons. The number of carbonyl (C=O) groups is 1. The molecule has 1 aliphatic carbocycles. The summed E-state index contributed by atoms with van der Waals surface area (Å²) in [5.41, 5.74) is -0.955. The molecule has 1 atom stereocenters. The van der Waals surface area contributed by atoms with E-state index in [9.17, 15) is 14.3 Å². The lowest BCUT2D eigenvalue weighted by Crippen LogP contribution is -2.45. The van der Waals surface area contributed by atoms with Crippen LogP contribution >= 0.6 is 0 Å². The van der Waals surface area contributed by atoms with E-state index in [1.807, 2.05) is 0 Å². The molecule has 1 heterocycles. The van der Waals surface area contributed by atoms with E-state index in [-0.39, 0.29) is 17.8 Å². The highest BCUT2D eigenvalue weighted by atomic mass is 19.1. The Hall–Kier alpha value is -2.34. The molecule has 0 bridgehead atoms. The third-order valence-corrected chi connectivity index (χ3v) is 4.53. The van der Waals surface area contributed by atoms with E-state index in [0.717, 1.165) is 12.8 Å². The van der Waals surface area contributed by atoms with Crippen LogP contribution in [0.2, 0.25) is 0 Å². The zero-order chi connectivity index (χ0) is 17.2. The van der Waals surface area contributed by atoms with Crippen molar-refractivity contribution in [3.8, 4) is 0 Å². The zero-order valence-electron chi connectivity index (χ0n) is 13.5. The zero-order valence-corrected chi connectivity index (χ0v) is 13.5. The summed E-state index contributed by atoms with van der Waals surface area (Å²) in [5, 5.41) is 15.7. The molecular weight excluding hydrogens is 311 g/mol. The van der Waals surface area contributed by atoms with E-state index < -0.39 is 11.6 Å². The largest absolute Gasteiger partial charge is 0.466 e. The predicted molar refractivity (Wildman–Crippen MR) is 87.0 cm³/mol. The fourth-order valence-corrected chi connectivity index (χ4v) is 2.82. The van der Waals surface area contributed by atoms with Crippen molar-refractivity contribution in [2.45, 2.75) is 30.8 Å². The number of aliphatic hydroxyl groups is 1. The quantitative estimate of drug-likeness (QED) is 0.761. The van der Waals surface area contributed by atoms with E-state index in [1.165, 1.54) is 12.3 Å². The molecule has 2 amide bonds. The minimum Gasteiger partial charge on any atom is -0.466 e. The first kappa shape index (κ1) is 16.5. The summed E-state index contributed by atoms with van der Waals surface area (Å²) in [4.78, 5) is 12.0. The number of hydrogen-bond acceptors (Lipinski definition) is 3. The van der Waals surface area contributed by atoms with Crippen LogP contribution in [0.3, 0.4) is 0 Å². The molecule has 1 saturated carbocycles. The van der Waals surface area contributed by atoms with Crippen LogP contribution in [0.4, 0.5) is 9.18 Å². The summed E-state index contributed by atoms with van der Waals surface area (Å²) in [5.74, 6) is 0.144. The Morgan fingerprint density at radius 3 is 2.67 bits per heavy atom. The van der Waals surface area contributed by atoms with E-state index in [4.69, 9.17) is 4.42 Å². The fourth-order valence-electron chi connectivity index (χ4n) is 2.82. The number of furan rings is 1. The average molecular weight is 332 g/mol. The van der Waals surface area contributed by atoms with Crippen molar-refractivity contribution in [3.63, 3.8) is 0 Å². The second-order valence-electron chi connectivity index (χ2n) is 6.55. The topological polar surface area (TPSA) is 74.5 Å². The van der Waals surface area contributed by atoms with Gasteiger partial charge in [-0.05, 0) is 43.5 Å². The molecule has 3 rings (SSSR count). The van der Waals surface area contributed by atoms with E-state index >= 15 is 0 Å². The van der Waals surface area contributed by atoms with Crippen LogP contribution in [-0.4, -0.2) is 24.2 Å². The van der Waals surface area contributed by atoms with E-state index in [1.54, 1.807) is 37.3 Å². The highest BCUT2D eigenvalue weighted by Crippen LogP contribution is 2.48. The van der Waals surface area contributed by atoms with Crippen molar-refractivity contribution < 1.29 is 18.7 Å². The van der Waals surface area contributed by atoms with Gasteiger partial charge < -0.3 is 20.2 Å². The number of rotatable bonds is 6. The number of urea groups is 1. The smallest absolute Gasteiger partial charge is 0.314 e. The minimum absolute atomic E-state index is 0.0129. The maximum atomic E-state index is 13.9. The molecule has 2 aromatic rings. The molecule has 1 fully saturated rings. The summed E-state index contributed by atoms with van der Waals surface area (Å²) < 4.78 is 19.1. The first-order chi connectivity index (χ1) is 11.4. The van der Waals surface area contributed by atoms with Crippen LogP contribution in [0.1, 0.15) is 31.1 Å². The normalized spacial score (nSPS) is 17.8. The number of hydrogen-bond donors (Lipinski definition) is 3. The second-order valence-corrected chi connectivity index (χ2v) is 6.55. The van der Waals surface area contributed by atoms with Gasteiger partial charge in [-0.2, -0.15) is 0 Å². The number of halogens is 1. The maximum Gasteiger partial charge on any atom is 0.314 e. The Labute approximate surface area is 139 Å². The number of benzene rings is 1. The molecule has 128 valence electrons. The maximum absolute atomic E-state index is 13.9. The first-order valence-corrected chi connectivity index (χ1v) is 7.96. The van der Waals surface area contributed by atoms with Crippen LogP contribution in [0.15, 0.2) is 47.1 Å². The van der Waals surface area contributed by atoms with Gasteiger partial charge in [0.2, 0.25) is 0 Å². The van der Waals surface area contributed by atoms with Crippen LogP contribution in [0.25, 0.3) is 0 Å². The summed E-state index contributed by atoms with van der Waals surface area (Å²) in [6.07, 6.45) is 3.16. The van der Waals surface area contributed by atoms with E-state index in [0.29, 0.717) is 17.9 Å². The van der Waals surface area contributed by atoms with Crippen molar-refractivity contribution in [1.29, 1.82) is 0 Å². The molecule has 5 nitrogen and oxygen atoms in total. The fraction of sp³-hybridized carbons (Fsp3) is 0.389. The van der Waals surface area contributed by atoms with Gasteiger partial charge in [0, 0.05) is 12.0 Å². The Morgan fingerprint density at radius 1 is 1.29 bits per heavy atom. The molecule has 0 saturated heterocycles. The van der Waals surface area contributed by atoms with Gasteiger partial charge >= 0.3 is 6.03 Å². The molecule has 1 aromatic carbocycles. The molecule has 0 spiro atoms. The van der Waals surface area contributed by atoms with Crippen molar-refractivity contribution in [2.75, 3.05) is 13.1 Å². The van der Waals surface area contributed by atoms with Gasteiger partial charge in [0.1, 0.15) is 17.2 Å². The highest BCUT2D eigenvalue weighted by Gasteiger charge is 2.46. The summed E-state index contributed by atoms with van der Waals surface area (Å²) in [7, 11) is 0. The molecule has 1 aromatic heterocycles. The van der Waals surface area contributed by atoms with Gasteiger partial charge in [0.25, 0.3) is 0 Å². The Bertz CT molecular complexity index is 709. The van der Waals surface area contributed by atoms with Crippen LogP contribution in [-0.2, 0) is 11.0 Å². The standard InChI is InChI=1S/C18H21FN2O3/c1-17(23,15-7-4-10-24-15)11-20-16(22)21-12-18(8-9-18)13-5-2-3-6-14(13)19/h2-7,10,23H,8-9,11-12H2,1H3,(H2,20,21,22). The lowest BCUT2D eigenvalue weighted by atomic mass is 9.95. The molecule has 0 aliphatic heterocycles. The van der Waals surface area contributed by atoms with Gasteiger partial charge in [-0.15, -0.1) is 0 Å². The molecule has 1 unspecified atom stereocenters. The average Bonchev–Trinajstić information content (AvgIpc) is 3.12. The molecule has 6 heteroatoms. The minimum atomic E-state index is -1.29. The van der Waals surface area contributed by atoms with Crippen molar-refractivity contribution in [3.05, 3.63) is 59.8 Å². The lowest BCUT2D eigenvalue weighted by molar-refractivity contribution is 0.0367. The summed E-state index contributed by atoms with van der Waals surface area (Å²) in [6, 6.07) is 9.60. The van der Waals surface area contributed by atoms with Gasteiger partial charge in [0.15, 0.2) is 0 Å². The summed E-state index contributed by atoms with van der Waals surface area (Å²) in [6.45, 7) is 1.94. The summed E-state index contributed by atoms with van der Waals surface area (Å²) >= 11 is 0. The predicted octanol–water partition coefficient (Wildman–Crippen LogP) is 2.66. The van der Waals surface area contributed by atoms with E-state index in [2.05, 4.69) is 10.6 Å². The van der Waals surface area contributed by atoms with Gasteiger partial charge in [-0.3, -0.25) is 0 Å². The molecule has 24 heavy (non-hydrogen) atoms. The number of carbonyl (C=O) groups excluding carboxylic acids is 1. The lowest BCUT2D eigenvalue weighted by Gasteiger charge is -2.22. The molecule has 1 aliphatic rings. The Balaban J connectivity index is 1.52. The van der Waals surface area contributed by atoms with Crippen LogP contribution in [0.5, 0.6) is 0 Å². The van der Waals surface area contributed by atoms with Gasteiger partial charge in [0.05, 0.1) is 12.8 Å². The monoisotopic (exact) mass is 332 g/mol. The van der Waals surface area contributed by atoms with Gasteiger partial charge in [-0.1, -0.05) is 18.2 Å². The van der Waals surface area contributed by atoms with Crippen molar-refractivity contribution >= 4 is 6.03 Å². The Kier molecular flexibility index (Phi) is 4.32. The van der Waals surface area contributed by atoms with Crippen LogP contribution < -0.4 is 10.6 Å². The second kappa shape index (κ2) is 6.28. The Morgan fingerprint density at radius 2 is 2.04 bits per heavy atom. The van der Waals surface area contributed by atoms with Gasteiger partial charge in [-0.25, -0.2) is 9.18 Å². The third kappa shape index (κ3) is 3.43. The first-order valence-electron chi connectivity index (χ1n) is 7.96. The van der Waals surface area contributed by atoms with Crippen LogP contribution in [0, 0.1) is 5.82 Å². The molecular formula is C18H21FN2O3. The SMILES string of the molecule is CC(O)(CNC(=O)NCC1(c2ccccc2F)CC1)c1ccco1. The highest BCUT2D eigenvalue weighted by molar-refractivity contribution is 5.74. The number of amides is 2. The van der Waals surface area contributed by atoms with Crippen molar-refractivity contribution in [1.82, 2.24) is 10.6 Å². The number of nitrogens with one attached hydrogen (secondary N) is 2. The third-order valence-electron chi connectivity index (χ3n) is 4.53. The van der Waals surface area contributed by atoms with Crippen molar-refractivity contribution in [2.24, 2.45) is 0 Å².